The number of carbonyl (C=O) groups excluding carboxylic acids is 1. The molecule has 4 nitrogen and oxygen atoms in total. The summed E-state index contributed by atoms with van der Waals surface area (Å²) in [5, 5.41) is 8.84. The third kappa shape index (κ3) is 5.37. The SMILES string of the molecule is CC(C)CCC[C@@H](C)[C@H]1CC[C@@H]2[C@@H]3CC=C4C[C@H](OC(=O)CCC(=O)O)CC[C@]4(C)[C@@H]3CC[C@@]21C. The largest absolute Gasteiger partial charge is 0.481 e. The summed E-state index contributed by atoms with van der Waals surface area (Å²) < 4.78 is 5.70. The third-order valence-electron chi connectivity index (χ3n) is 11.1. The number of ether oxygens (including phenoxy) is 1. The van der Waals surface area contributed by atoms with E-state index in [1.807, 2.05) is 0 Å². The molecule has 35 heavy (non-hydrogen) atoms. The first kappa shape index (κ1) is 26.7. The molecule has 0 aromatic heterocycles. The average molecular weight is 487 g/mol. The van der Waals surface area contributed by atoms with Gasteiger partial charge in [0.2, 0.25) is 0 Å². The first-order valence-corrected chi connectivity index (χ1v) is 14.7. The minimum Gasteiger partial charge on any atom is -0.481 e. The van der Waals surface area contributed by atoms with Gasteiger partial charge >= 0.3 is 11.9 Å². The summed E-state index contributed by atoms with van der Waals surface area (Å²) >= 11 is 0. The summed E-state index contributed by atoms with van der Waals surface area (Å²) in [6.45, 7) is 12.4. The Morgan fingerprint density at radius 3 is 2.51 bits per heavy atom. The van der Waals surface area contributed by atoms with Crippen LogP contribution < -0.4 is 0 Å². The number of carboxylic acid groups (broad SMARTS) is 1. The van der Waals surface area contributed by atoms with E-state index in [1.165, 1.54) is 56.9 Å². The minimum atomic E-state index is -0.942. The number of esters is 1. The van der Waals surface area contributed by atoms with Gasteiger partial charge < -0.3 is 9.84 Å². The molecule has 0 aromatic carbocycles. The minimum absolute atomic E-state index is 0.0236. The van der Waals surface area contributed by atoms with E-state index in [2.05, 4.69) is 40.7 Å². The van der Waals surface area contributed by atoms with Crippen LogP contribution in [0.5, 0.6) is 0 Å². The molecule has 0 amide bonds. The van der Waals surface area contributed by atoms with E-state index in [0.29, 0.717) is 5.41 Å². The van der Waals surface area contributed by atoms with Crippen molar-refractivity contribution in [2.24, 2.45) is 46.3 Å². The predicted molar refractivity (Wildman–Crippen MR) is 140 cm³/mol. The Morgan fingerprint density at radius 1 is 1.03 bits per heavy atom. The van der Waals surface area contributed by atoms with E-state index in [1.54, 1.807) is 0 Å². The summed E-state index contributed by atoms with van der Waals surface area (Å²) in [7, 11) is 0. The topological polar surface area (TPSA) is 63.6 Å². The van der Waals surface area contributed by atoms with Gasteiger partial charge in [0, 0.05) is 6.42 Å². The van der Waals surface area contributed by atoms with Gasteiger partial charge in [-0.3, -0.25) is 9.59 Å². The fourth-order valence-electron chi connectivity index (χ4n) is 9.21. The molecule has 0 aliphatic heterocycles. The van der Waals surface area contributed by atoms with Crippen molar-refractivity contribution in [2.45, 2.75) is 124 Å². The number of fused-ring (bicyclic) bond motifs is 5. The van der Waals surface area contributed by atoms with Gasteiger partial charge in [-0.2, -0.15) is 0 Å². The summed E-state index contributed by atoms with van der Waals surface area (Å²) in [6.07, 6.45) is 16.0. The lowest BCUT2D eigenvalue weighted by Gasteiger charge is -2.58. The van der Waals surface area contributed by atoms with Gasteiger partial charge in [-0.15, -0.1) is 0 Å². The number of carboxylic acids is 1. The van der Waals surface area contributed by atoms with Gasteiger partial charge in [0.1, 0.15) is 6.10 Å². The zero-order chi connectivity index (χ0) is 25.4. The molecule has 0 heterocycles. The second-order valence-electron chi connectivity index (χ2n) is 13.5. The smallest absolute Gasteiger partial charge is 0.306 e. The van der Waals surface area contributed by atoms with Crippen LogP contribution in [0.1, 0.15) is 118 Å². The van der Waals surface area contributed by atoms with Gasteiger partial charge in [0.05, 0.1) is 12.8 Å². The number of rotatable bonds is 9. The Bertz CT molecular complexity index is 815. The molecule has 8 atom stereocenters. The highest BCUT2D eigenvalue weighted by Crippen LogP contribution is 2.67. The van der Waals surface area contributed by atoms with Gasteiger partial charge in [-0.1, -0.05) is 65.5 Å². The van der Waals surface area contributed by atoms with E-state index in [0.717, 1.165) is 54.8 Å². The summed E-state index contributed by atoms with van der Waals surface area (Å²) in [6, 6.07) is 0. The Balaban J connectivity index is 1.40. The van der Waals surface area contributed by atoms with Crippen LogP contribution in [0.15, 0.2) is 11.6 Å². The van der Waals surface area contributed by atoms with E-state index in [9.17, 15) is 9.59 Å². The number of hydrogen-bond donors (Lipinski definition) is 1. The molecule has 0 radical (unpaired) electrons. The molecule has 0 aromatic rings. The molecule has 0 spiro atoms. The fraction of sp³-hybridized carbons (Fsp3) is 0.871. The summed E-state index contributed by atoms with van der Waals surface area (Å²) in [4.78, 5) is 22.9. The van der Waals surface area contributed by atoms with Gasteiger partial charge in [0.25, 0.3) is 0 Å². The highest BCUT2D eigenvalue weighted by Gasteiger charge is 2.59. The van der Waals surface area contributed by atoms with Crippen molar-refractivity contribution in [2.75, 3.05) is 0 Å². The first-order valence-electron chi connectivity index (χ1n) is 14.7. The fourth-order valence-corrected chi connectivity index (χ4v) is 9.21. The maximum atomic E-state index is 12.1. The number of allylic oxidation sites excluding steroid dienone is 1. The lowest BCUT2D eigenvalue weighted by Crippen LogP contribution is -2.51. The molecule has 0 unspecified atom stereocenters. The van der Waals surface area contributed by atoms with Crippen LogP contribution >= 0.6 is 0 Å². The van der Waals surface area contributed by atoms with Gasteiger partial charge in [-0.05, 0) is 91.3 Å². The van der Waals surface area contributed by atoms with Crippen LogP contribution in [0.3, 0.4) is 0 Å². The normalized spacial score (nSPS) is 39.3. The predicted octanol–water partition coefficient (Wildman–Crippen LogP) is 7.80. The monoisotopic (exact) mass is 486 g/mol. The average Bonchev–Trinajstić information content (AvgIpc) is 3.15. The second kappa shape index (κ2) is 10.6. The maximum absolute atomic E-state index is 12.1. The van der Waals surface area contributed by atoms with Crippen LogP contribution in [0, 0.1) is 46.3 Å². The lowest BCUT2D eigenvalue weighted by molar-refractivity contribution is -0.154. The van der Waals surface area contributed by atoms with Crippen molar-refractivity contribution in [1.82, 2.24) is 0 Å². The number of aliphatic carboxylic acids is 1. The zero-order valence-corrected chi connectivity index (χ0v) is 23.0. The van der Waals surface area contributed by atoms with Gasteiger partial charge in [0.15, 0.2) is 0 Å². The van der Waals surface area contributed by atoms with Crippen molar-refractivity contribution >= 4 is 11.9 Å². The van der Waals surface area contributed by atoms with Crippen molar-refractivity contribution in [3.05, 3.63) is 11.6 Å². The molecule has 0 bridgehead atoms. The zero-order valence-electron chi connectivity index (χ0n) is 23.0. The number of carbonyl (C=O) groups is 2. The Labute approximate surface area is 213 Å². The molecule has 0 saturated heterocycles. The molecule has 4 rings (SSSR count). The quantitative estimate of drug-likeness (QED) is 0.267. The van der Waals surface area contributed by atoms with E-state index in [4.69, 9.17) is 9.84 Å². The first-order chi connectivity index (χ1) is 16.5. The Hall–Kier alpha value is -1.32. The van der Waals surface area contributed by atoms with Crippen molar-refractivity contribution in [3.63, 3.8) is 0 Å². The summed E-state index contributed by atoms with van der Waals surface area (Å²) in [5.41, 5.74) is 2.27. The molecular formula is C31H50O4. The third-order valence-corrected chi connectivity index (χ3v) is 11.1. The van der Waals surface area contributed by atoms with E-state index in [-0.39, 0.29) is 30.3 Å². The van der Waals surface area contributed by atoms with Gasteiger partial charge in [-0.25, -0.2) is 0 Å². The van der Waals surface area contributed by atoms with Crippen LogP contribution in [0.4, 0.5) is 0 Å². The molecule has 1 N–H and O–H groups in total. The Kier molecular flexibility index (Phi) is 8.08. The standard InChI is InChI=1S/C31H50O4/c1-20(2)7-6-8-21(3)25-11-12-26-24-10-9-22-19-23(35-29(34)14-13-28(32)33)15-17-30(22,4)27(24)16-18-31(25,26)5/h9,20-21,23-27H,6-8,10-19H2,1-5H3,(H,32,33)/t21-,23-,24+,25-,26-,27-,30+,31-/m1/s1. The highest BCUT2D eigenvalue weighted by atomic mass is 16.5. The lowest BCUT2D eigenvalue weighted by atomic mass is 9.47. The van der Waals surface area contributed by atoms with Crippen molar-refractivity contribution in [3.8, 4) is 0 Å². The molecule has 3 fully saturated rings. The van der Waals surface area contributed by atoms with E-state index >= 15 is 0 Å². The van der Waals surface area contributed by atoms with Crippen molar-refractivity contribution < 1.29 is 19.4 Å². The highest BCUT2D eigenvalue weighted by molar-refractivity contribution is 5.76. The van der Waals surface area contributed by atoms with Crippen molar-refractivity contribution in [1.29, 1.82) is 0 Å². The summed E-state index contributed by atoms with van der Waals surface area (Å²) in [5.74, 6) is 3.68. The van der Waals surface area contributed by atoms with Crippen LogP contribution in [0.25, 0.3) is 0 Å². The molecule has 3 saturated carbocycles. The molecule has 4 aliphatic carbocycles. The Morgan fingerprint density at radius 2 is 1.80 bits per heavy atom. The molecule has 4 aliphatic rings. The van der Waals surface area contributed by atoms with E-state index < -0.39 is 5.97 Å². The molecular weight excluding hydrogens is 436 g/mol. The van der Waals surface area contributed by atoms with Crippen LogP contribution in [-0.2, 0) is 14.3 Å². The van der Waals surface area contributed by atoms with Crippen LogP contribution in [-0.4, -0.2) is 23.1 Å². The second-order valence-corrected chi connectivity index (χ2v) is 13.5. The van der Waals surface area contributed by atoms with Crippen LogP contribution in [0.2, 0.25) is 0 Å². The molecule has 4 heteroatoms. The number of hydrogen-bond acceptors (Lipinski definition) is 3. The maximum Gasteiger partial charge on any atom is 0.306 e. The molecule has 198 valence electrons.